The monoisotopic (exact) mass is 243 g/mol. The number of nitrogen functional groups attached to an aromatic ring is 1. The van der Waals surface area contributed by atoms with E-state index in [-0.39, 0.29) is 6.61 Å². The van der Waals surface area contributed by atoms with Crippen LogP contribution in [0.2, 0.25) is 0 Å². The van der Waals surface area contributed by atoms with Crippen molar-refractivity contribution in [3.63, 3.8) is 0 Å². The molecule has 1 aromatic carbocycles. The molecule has 1 rings (SSSR count). The van der Waals surface area contributed by atoms with Gasteiger partial charge in [-0.1, -0.05) is 15.9 Å². The summed E-state index contributed by atoms with van der Waals surface area (Å²) in [6.07, 6.45) is 2.76. The van der Waals surface area contributed by atoms with Crippen LogP contribution < -0.4 is 5.73 Å². The fourth-order valence-corrected chi connectivity index (χ4v) is 1.63. The number of benzene rings is 1. The highest BCUT2D eigenvalue weighted by molar-refractivity contribution is 9.10. The third-order valence-electron chi connectivity index (χ3n) is 1.96. The summed E-state index contributed by atoms with van der Waals surface area (Å²) in [6.45, 7) is 0.258. The Kier molecular flexibility index (Phi) is 4.25. The van der Waals surface area contributed by atoms with Crippen LogP contribution in [0.3, 0.4) is 0 Å². The van der Waals surface area contributed by atoms with Crippen molar-refractivity contribution in [3.8, 4) is 0 Å². The lowest BCUT2D eigenvalue weighted by molar-refractivity contribution is 0.284. The van der Waals surface area contributed by atoms with Crippen molar-refractivity contribution in [2.75, 3.05) is 12.3 Å². The van der Waals surface area contributed by atoms with Gasteiger partial charge in [-0.05, 0) is 43.0 Å². The Labute approximate surface area is 86.9 Å². The van der Waals surface area contributed by atoms with Crippen LogP contribution in [0, 0.1) is 0 Å². The third-order valence-corrected chi connectivity index (χ3v) is 2.45. The Hall–Kier alpha value is -0.540. The minimum absolute atomic E-state index is 0.258. The van der Waals surface area contributed by atoms with E-state index in [0.29, 0.717) is 0 Å². The molecule has 0 fully saturated rings. The zero-order chi connectivity index (χ0) is 9.68. The zero-order valence-corrected chi connectivity index (χ0v) is 9.05. The van der Waals surface area contributed by atoms with Gasteiger partial charge in [0, 0.05) is 16.8 Å². The second kappa shape index (κ2) is 5.25. The number of aryl methyl sites for hydroxylation is 1. The quantitative estimate of drug-likeness (QED) is 0.630. The maximum Gasteiger partial charge on any atom is 0.0431 e. The lowest BCUT2D eigenvalue weighted by Crippen LogP contribution is -1.95. The van der Waals surface area contributed by atoms with Gasteiger partial charge in [-0.3, -0.25) is 0 Å². The summed E-state index contributed by atoms with van der Waals surface area (Å²) in [5.41, 5.74) is 7.78. The predicted octanol–water partition coefficient (Wildman–Crippen LogP) is 2.35. The molecule has 0 aliphatic heterocycles. The number of aliphatic hydroxyl groups is 1. The van der Waals surface area contributed by atoms with Gasteiger partial charge in [0.1, 0.15) is 0 Å². The second-order valence-electron chi connectivity index (χ2n) is 3.02. The van der Waals surface area contributed by atoms with Gasteiger partial charge in [0.15, 0.2) is 0 Å². The smallest absolute Gasteiger partial charge is 0.0431 e. The molecule has 3 heteroatoms. The maximum atomic E-state index is 8.63. The minimum atomic E-state index is 0.258. The van der Waals surface area contributed by atoms with Gasteiger partial charge in [-0.2, -0.15) is 0 Å². The van der Waals surface area contributed by atoms with Gasteiger partial charge < -0.3 is 10.8 Å². The average Bonchev–Trinajstić information content (AvgIpc) is 2.11. The van der Waals surface area contributed by atoms with Crippen molar-refractivity contribution < 1.29 is 5.11 Å². The second-order valence-corrected chi connectivity index (χ2v) is 3.94. The first-order valence-corrected chi connectivity index (χ1v) is 5.18. The number of halogens is 1. The molecule has 0 aliphatic rings. The summed E-state index contributed by atoms with van der Waals surface area (Å²) in [7, 11) is 0. The highest BCUT2D eigenvalue weighted by atomic mass is 79.9. The largest absolute Gasteiger partial charge is 0.399 e. The number of rotatable bonds is 4. The summed E-state index contributed by atoms with van der Waals surface area (Å²) in [4.78, 5) is 0. The van der Waals surface area contributed by atoms with Crippen molar-refractivity contribution in [1.82, 2.24) is 0 Å². The Balaban J connectivity index is 2.59. The molecule has 0 aliphatic carbocycles. The van der Waals surface area contributed by atoms with Crippen LogP contribution in [0.4, 0.5) is 5.69 Å². The highest BCUT2D eigenvalue weighted by Crippen LogP contribution is 2.19. The molecule has 0 saturated heterocycles. The van der Waals surface area contributed by atoms with E-state index in [0.717, 1.165) is 35.0 Å². The van der Waals surface area contributed by atoms with Crippen LogP contribution in [0.1, 0.15) is 18.4 Å². The number of nitrogens with two attached hydrogens (primary N) is 1. The standard InChI is InChI=1S/C10H14BrNO/c11-9-4-5-10(12)8(7-9)3-1-2-6-13/h4-5,7,13H,1-3,6,12H2. The fourth-order valence-electron chi connectivity index (χ4n) is 1.22. The summed E-state index contributed by atoms with van der Waals surface area (Å²) in [5.74, 6) is 0. The van der Waals surface area contributed by atoms with Crippen molar-refractivity contribution in [2.45, 2.75) is 19.3 Å². The van der Waals surface area contributed by atoms with Crippen LogP contribution >= 0.6 is 15.9 Å². The average molecular weight is 244 g/mol. The molecular formula is C10H14BrNO. The molecule has 0 spiro atoms. The molecule has 0 unspecified atom stereocenters. The number of anilines is 1. The molecule has 0 saturated carbocycles. The molecule has 13 heavy (non-hydrogen) atoms. The molecule has 0 radical (unpaired) electrons. The van der Waals surface area contributed by atoms with E-state index in [4.69, 9.17) is 10.8 Å². The van der Waals surface area contributed by atoms with E-state index in [2.05, 4.69) is 15.9 Å². The number of hydrogen-bond donors (Lipinski definition) is 2. The molecule has 0 amide bonds. The van der Waals surface area contributed by atoms with Crippen LogP contribution in [-0.2, 0) is 6.42 Å². The lowest BCUT2D eigenvalue weighted by atomic mass is 10.1. The van der Waals surface area contributed by atoms with Crippen molar-refractivity contribution >= 4 is 21.6 Å². The minimum Gasteiger partial charge on any atom is -0.399 e. The first-order valence-electron chi connectivity index (χ1n) is 4.39. The Bertz CT molecular complexity index is 276. The van der Waals surface area contributed by atoms with Crippen LogP contribution in [0.5, 0.6) is 0 Å². The number of aliphatic hydroxyl groups excluding tert-OH is 1. The summed E-state index contributed by atoms with van der Waals surface area (Å²) in [5, 5.41) is 8.63. The van der Waals surface area contributed by atoms with Crippen molar-refractivity contribution in [1.29, 1.82) is 0 Å². The van der Waals surface area contributed by atoms with Crippen molar-refractivity contribution in [2.24, 2.45) is 0 Å². The van der Waals surface area contributed by atoms with E-state index in [1.807, 2.05) is 18.2 Å². The lowest BCUT2D eigenvalue weighted by Gasteiger charge is -2.05. The van der Waals surface area contributed by atoms with E-state index < -0.39 is 0 Å². The first kappa shape index (κ1) is 10.5. The van der Waals surface area contributed by atoms with Gasteiger partial charge in [-0.25, -0.2) is 0 Å². The number of unbranched alkanes of at least 4 members (excludes halogenated alkanes) is 1. The van der Waals surface area contributed by atoms with E-state index >= 15 is 0 Å². The number of hydrogen-bond acceptors (Lipinski definition) is 2. The van der Waals surface area contributed by atoms with Crippen LogP contribution in [0.15, 0.2) is 22.7 Å². The van der Waals surface area contributed by atoms with Gasteiger partial charge in [0.25, 0.3) is 0 Å². The predicted molar refractivity (Wildman–Crippen MR) is 58.6 cm³/mol. The summed E-state index contributed by atoms with van der Waals surface area (Å²) < 4.78 is 1.06. The molecule has 72 valence electrons. The first-order chi connectivity index (χ1) is 6.24. The maximum absolute atomic E-state index is 8.63. The Morgan fingerprint density at radius 2 is 2.08 bits per heavy atom. The molecule has 0 aromatic heterocycles. The van der Waals surface area contributed by atoms with Crippen LogP contribution in [-0.4, -0.2) is 11.7 Å². The van der Waals surface area contributed by atoms with Gasteiger partial charge >= 0.3 is 0 Å². The summed E-state index contributed by atoms with van der Waals surface area (Å²) in [6, 6.07) is 5.87. The van der Waals surface area contributed by atoms with Gasteiger partial charge in [-0.15, -0.1) is 0 Å². The van der Waals surface area contributed by atoms with E-state index in [1.165, 1.54) is 0 Å². The fraction of sp³-hybridized carbons (Fsp3) is 0.400. The third kappa shape index (κ3) is 3.36. The van der Waals surface area contributed by atoms with Crippen molar-refractivity contribution in [3.05, 3.63) is 28.2 Å². The van der Waals surface area contributed by atoms with E-state index in [1.54, 1.807) is 0 Å². The van der Waals surface area contributed by atoms with Gasteiger partial charge in [0.2, 0.25) is 0 Å². The Morgan fingerprint density at radius 1 is 1.31 bits per heavy atom. The highest BCUT2D eigenvalue weighted by Gasteiger charge is 1.99. The summed E-state index contributed by atoms with van der Waals surface area (Å²) >= 11 is 3.40. The molecule has 0 atom stereocenters. The molecule has 0 bridgehead atoms. The molecule has 1 aromatic rings. The zero-order valence-electron chi connectivity index (χ0n) is 7.46. The normalized spacial score (nSPS) is 10.3. The topological polar surface area (TPSA) is 46.2 Å². The molecule has 2 nitrogen and oxygen atoms in total. The van der Waals surface area contributed by atoms with Gasteiger partial charge in [0.05, 0.1) is 0 Å². The molecule has 0 heterocycles. The SMILES string of the molecule is Nc1ccc(Br)cc1CCCCO. The van der Waals surface area contributed by atoms with E-state index in [9.17, 15) is 0 Å². The van der Waals surface area contributed by atoms with Crippen LogP contribution in [0.25, 0.3) is 0 Å². The molecular weight excluding hydrogens is 230 g/mol. The Morgan fingerprint density at radius 3 is 2.77 bits per heavy atom. The molecule has 3 N–H and O–H groups in total.